The summed E-state index contributed by atoms with van der Waals surface area (Å²) < 4.78 is 28.4. The lowest BCUT2D eigenvalue weighted by molar-refractivity contribution is 0.102. The molecule has 1 aliphatic carbocycles. The van der Waals surface area contributed by atoms with E-state index < -0.39 is 10.0 Å². The molecular weight excluding hydrogens is 418 g/mol. The Morgan fingerprint density at radius 2 is 1.80 bits per heavy atom. The molecule has 30 heavy (non-hydrogen) atoms. The van der Waals surface area contributed by atoms with E-state index in [2.05, 4.69) is 10.3 Å². The molecule has 8 heteroatoms. The number of nitrogens with zero attached hydrogens (tertiary/aromatic N) is 2. The fraction of sp³-hybridized carbons (Fsp3) is 0.364. The zero-order chi connectivity index (χ0) is 21.3. The Morgan fingerprint density at radius 3 is 2.47 bits per heavy atom. The number of sulfonamides is 1. The summed E-state index contributed by atoms with van der Waals surface area (Å²) in [6.07, 6.45) is 5.10. The van der Waals surface area contributed by atoms with Gasteiger partial charge in [-0.15, -0.1) is 0 Å². The van der Waals surface area contributed by atoms with Crippen molar-refractivity contribution in [3.05, 3.63) is 53.6 Å². The number of thiazole rings is 1. The minimum atomic E-state index is -3.57. The number of aromatic nitrogens is 1. The smallest absolute Gasteiger partial charge is 0.257 e. The zero-order valence-electron chi connectivity index (χ0n) is 17.1. The largest absolute Gasteiger partial charge is 0.298 e. The molecular formula is C22H25N3O3S2. The maximum atomic E-state index is 13.0. The van der Waals surface area contributed by atoms with E-state index in [0.29, 0.717) is 10.7 Å². The van der Waals surface area contributed by atoms with Crippen LogP contribution in [0.4, 0.5) is 5.13 Å². The summed E-state index contributed by atoms with van der Waals surface area (Å²) in [6.45, 7) is 1.98. The van der Waals surface area contributed by atoms with Gasteiger partial charge in [0.15, 0.2) is 5.13 Å². The van der Waals surface area contributed by atoms with Gasteiger partial charge < -0.3 is 0 Å². The van der Waals surface area contributed by atoms with E-state index in [-0.39, 0.29) is 16.8 Å². The molecule has 0 atom stereocenters. The van der Waals surface area contributed by atoms with Crippen LogP contribution in [0.2, 0.25) is 0 Å². The van der Waals surface area contributed by atoms with E-state index in [1.54, 1.807) is 19.2 Å². The molecule has 1 saturated carbocycles. The lowest BCUT2D eigenvalue weighted by atomic mass is 9.96. The van der Waals surface area contributed by atoms with Gasteiger partial charge in [-0.3, -0.25) is 10.1 Å². The molecule has 1 aliphatic rings. The molecule has 0 unspecified atom stereocenters. The fourth-order valence-corrected chi connectivity index (χ4v) is 6.25. The molecule has 158 valence electrons. The Labute approximate surface area is 181 Å². The third-order valence-corrected chi connectivity index (χ3v) is 8.58. The highest BCUT2D eigenvalue weighted by atomic mass is 32.2. The number of carbonyl (C=O) groups is 1. The van der Waals surface area contributed by atoms with Crippen molar-refractivity contribution < 1.29 is 13.2 Å². The Kier molecular flexibility index (Phi) is 5.90. The van der Waals surface area contributed by atoms with Crippen LogP contribution in [0.5, 0.6) is 0 Å². The summed E-state index contributed by atoms with van der Waals surface area (Å²) >= 11 is 1.42. The van der Waals surface area contributed by atoms with E-state index in [4.69, 9.17) is 0 Å². The van der Waals surface area contributed by atoms with Gasteiger partial charge in [0.25, 0.3) is 5.91 Å². The van der Waals surface area contributed by atoms with Crippen LogP contribution in [0.15, 0.2) is 47.4 Å². The van der Waals surface area contributed by atoms with Crippen molar-refractivity contribution in [2.45, 2.75) is 50.0 Å². The van der Waals surface area contributed by atoms with Gasteiger partial charge in [-0.2, -0.15) is 4.31 Å². The number of nitrogens with one attached hydrogen (secondary N) is 1. The molecule has 0 aliphatic heterocycles. The number of para-hydroxylation sites is 1. The van der Waals surface area contributed by atoms with Crippen molar-refractivity contribution >= 4 is 42.6 Å². The van der Waals surface area contributed by atoms with E-state index in [1.807, 2.05) is 25.1 Å². The summed E-state index contributed by atoms with van der Waals surface area (Å²) in [7, 11) is -1.92. The number of hydrogen-bond donors (Lipinski definition) is 1. The average molecular weight is 444 g/mol. The van der Waals surface area contributed by atoms with Gasteiger partial charge in [-0.05, 0) is 55.7 Å². The quantitative estimate of drug-likeness (QED) is 0.614. The standard InChI is InChI=1S/C22H25N3O3S2/c1-15-7-6-10-19-20(15)23-22(29-19)24-21(26)16-11-13-18(14-12-16)30(27,28)25(2)17-8-4-3-5-9-17/h6-7,10-14,17H,3-5,8-9H2,1-2H3,(H,23,24,26). The lowest BCUT2D eigenvalue weighted by Crippen LogP contribution is -2.38. The summed E-state index contributed by atoms with van der Waals surface area (Å²) in [4.78, 5) is 17.3. The van der Waals surface area contributed by atoms with Gasteiger partial charge in [0.2, 0.25) is 10.0 Å². The summed E-state index contributed by atoms with van der Waals surface area (Å²) in [5.41, 5.74) is 2.33. The molecule has 0 bridgehead atoms. The number of amides is 1. The third kappa shape index (κ3) is 4.12. The van der Waals surface area contributed by atoms with Crippen molar-refractivity contribution in [2.24, 2.45) is 0 Å². The second kappa shape index (κ2) is 8.45. The first kappa shape index (κ1) is 21.0. The number of rotatable bonds is 5. The van der Waals surface area contributed by atoms with Crippen LogP contribution in [0.25, 0.3) is 10.2 Å². The normalized spacial score (nSPS) is 15.6. The molecule has 0 spiro atoms. The van der Waals surface area contributed by atoms with Crippen LogP contribution in [0, 0.1) is 6.92 Å². The van der Waals surface area contributed by atoms with Crippen LogP contribution in [0.3, 0.4) is 0 Å². The molecule has 6 nitrogen and oxygen atoms in total. The SMILES string of the molecule is Cc1cccc2sc(NC(=O)c3ccc(S(=O)(=O)N(C)C4CCCCC4)cc3)nc12. The minimum Gasteiger partial charge on any atom is -0.298 e. The number of fused-ring (bicyclic) bond motifs is 1. The Balaban J connectivity index is 1.49. The van der Waals surface area contributed by atoms with Crippen molar-refractivity contribution in [1.29, 1.82) is 0 Å². The second-order valence-corrected chi connectivity index (χ2v) is 10.8. The Hall–Kier alpha value is -2.29. The van der Waals surface area contributed by atoms with E-state index in [9.17, 15) is 13.2 Å². The van der Waals surface area contributed by atoms with E-state index in [0.717, 1.165) is 41.5 Å². The van der Waals surface area contributed by atoms with Gasteiger partial charge >= 0.3 is 0 Å². The molecule has 0 radical (unpaired) electrons. The van der Waals surface area contributed by atoms with Crippen LogP contribution in [0.1, 0.15) is 48.0 Å². The zero-order valence-corrected chi connectivity index (χ0v) is 18.7. The van der Waals surface area contributed by atoms with Gasteiger partial charge in [-0.25, -0.2) is 13.4 Å². The highest BCUT2D eigenvalue weighted by Crippen LogP contribution is 2.29. The molecule has 4 rings (SSSR count). The number of anilines is 1. The Bertz CT molecular complexity index is 1160. The summed E-state index contributed by atoms with van der Waals surface area (Å²) in [5, 5.41) is 3.34. The van der Waals surface area contributed by atoms with Crippen LogP contribution >= 0.6 is 11.3 Å². The highest BCUT2D eigenvalue weighted by Gasteiger charge is 2.29. The predicted molar refractivity (Wildman–Crippen MR) is 121 cm³/mol. The van der Waals surface area contributed by atoms with Gasteiger partial charge in [0.1, 0.15) is 0 Å². The number of benzene rings is 2. The summed E-state index contributed by atoms with van der Waals surface area (Å²) in [5.74, 6) is -0.309. The molecule has 1 fully saturated rings. The maximum absolute atomic E-state index is 13.0. The summed E-state index contributed by atoms with van der Waals surface area (Å²) in [6, 6.07) is 12.1. The van der Waals surface area contributed by atoms with Crippen LogP contribution in [-0.2, 0) is 10.0 Å². The first-order valence-corrected chi connectivity index (χ1v) is 12.4. The molecule has 2 aromatic carbocycles. The van der Waals surface area contributed by atoms with E-state index in [1.165, 1.54) is 34.2 Å². The van der Waals surface area contributed by atoms with Gasteiger partial charge in [0, 0.05) is 18.7 Å². The number of carbonyl (C=O) groups excluding carboxylic acids is 1. The molecule has 1 N–H and O–H groups in total. The molecule has 1 heterocycles. The lowest BCUT2D eigenvalue weighted by Gasteiger charge is -2.30. The highest BCUT2D eigenvalue weighted by molar-refractivity contribution is 7.89. The Morgan fingerprint density at radius 1 is 1.10 bits per heavy atom. The predicted octanol–water partition coefficient (Wildman–Crippen LogP) is 4.81. The fourth-order valence-electron chi connectivity index (χ4n) is 3.89. The van der Waals surface area contributed by atoms with E-state index >= 15 is 0 Å². The van der Waals surface area contributed by atoms with Crippen molar-refractivity contribution in [1.82, 2.24) is 9.29 Å². The van der Waals surface area contributed by atoms with Crippen molar-refractivity contribution in [3.63, 3.8) is 0 Å². The topological polar surface area (TPSA) is 79.4 Å². The van der Waals surface area contributed by atoms with Crippen LogP contribution < -0.4 is 5.32 Å². The molecule has 0 saturated heterocycles. The monoisotopic (exact) mass is 443 g/mol. The molecule has 3 aromatic rings. The number of hydrogen-bond acceptors (Lipinski definition) is 5. The third-order valence-electron chi connectivity index (χ3n) is 5.72. The minimum absolute atomic E-state index is 0.0502. The van der Waals surface area contributed by atoms with Gasteiger partial charge in [0.05, 0.1) is 15.1 Å². The molecule has 1 aromatic heterocycles. The first-order chi connectivity index (χ1) is 14.4. The van der Waals surface area contributed by atoms with Crippen molar-refractivity contribution in [3.8, 4) is 0 Å². The second-order valence-electron chi connectivity index (χ2n) is 7.73. The maximum Gasteiger partial charge on any atom is 0.257 e. The van der Waals surface area contributed by atoms with Crippen LogP contribution in [-0.4, -0.2) is 36.7 Å². The average Bonchev–Trinajstić information content (AvgIpc) is 3.17. The van der Waals surface area contributed by atoms with Crippen molar-refractivity contribution in [2.75, 3.05) is 12.4 Å². The first-order valence-electron chi connectivity index (χ1n) is 10.1. The number of aryl methyl sites for hydroxylation is 1. The molecule has 1 amide bonds. The van der Waals surface area contributed by atoms with Gasteiger partial charge in [-0.1, -0.05) is 42.7 Å².